The van der Waals surface area contributed by atoms with Crippen molar-refractivity contribution in [2.24, 2.45) is 0 Å². The summed E-state index contributed by atoms with van der Waals surface area (Å²) in [6.45, 7) is 4.50. The summed E-state index contributed by atoms with van der Waals surface area (Å²) in [7, 11) is 0. The third-order valence-electron chi connectivity index (χ3n) is 5.58. The van der Waals surface area contributed by atoms with Gasteiger partial charge in [0.05, 0.1) is 29.2 Å². The van der Waals surface area contributed by atoms with Crippen molar-refractivity contribution in [1.82, 2.24) is 19.8 Å². The van der Waals surface area contributed by atoms with Crippen LogP contribution < -0.4 is 5.32 Å². The van der Waals surface area contributed by atoms with E-state index in [9.17, 15) is 18.0 Å². The fraction of sp³-hybridized carbons (Fsp3) is 0.579. The number of nitrogens with zero attached hydrogens (tertiary/aromatic N) is 3. The van der Waals surface area contributed by atoms with E-state index in [1.54, 1.807) is 6.92 Å². The second kappa shape index (κ2) is 7.36. The molecule has 3 heterocycles. The lowest BCUT2D eigenvalue weighted by molar-refractivity contribution is -0.137. The van der Waals surface area contributed by atoms with Gasteiger partial charge in [0.2, 0.25) is 5.91 Å². The molecule has 9 heteroatoms. The number of aromatic nitrogens is 2. The Morgan fingerprint density at radius 3 is 2.75 bits per heavy atom. The molecule has 2 aliphatic rings. The number of fused-ring (bicyclic) bond motifs is 3. The van der Waals surface area contributed by atoms with Crippen molar-refractivity contribution in [3.63, 3.8) is 0 Å². The maximum Gasteiger partial charge on any atom is 0.416 e. The minimum absolute atomic E-state index is 0.0312. The molecule has 1 N–H and O–H groups in total. The monoisotopic (exact) mass is 396 g/mol. The third kappa shape index (κ3) is 3.73. The van der Waals surface area contributed by atoms with Crippen LogP contribution >= 0.6 is 0 Å². The van der Waals surface area contributed by atoms with E-state index in [4.69, 9.17) is 4.74 Å². The summed E-state index contributed by atoms with van der Waals surface area (Å²) in [5.74, 6) is 0.755. The number of hydrogen-bond donors (Lipinski definition) is 1. The number of piperidine rings is 1. The Morgan fingerprint density at radius 1 is 1.32 bits per heavy atom. The van der Waals surface area contributed by atoms with Crippen molar-refractivity contribution in [2.75, 3.05) is 26.2 Å². The summed E-state index contributed by atoms with van der Waals surface area (Å²) < 4.78 is 46.6. The first-order chi connectivity index (χ1) is 13.3. The lowest BCUT2D eigenvalue weighted by Crippen LogP contribution is -2.46. The molecule has 0 spiro atoms. The number of halogens is 3. The Balaban J connectivity index is 1.48. The normalized spacial score (nSPS) is 21.1. The molecule has 0 radical (unpaired) electrons. The molecule has 28 heavy (non-hydrogen) atoms. The first-order valence-corrected chi connectivity index (χ1v) is 9.47. The van der Waals surface area contributed by atoms with Gasteiger partial charge < -0.3 is 19.5 Å². The first-order valence-electron chi connectivity index (χ1n) is 9.47. The summed E-state index contributed by atoms with van der Waals surface area (Å²) in [5, 5.41) is 3.54. The van der Waals surface area contributed by atoms with E-state index < -0.39 is 11.7 Å². The molecule has 1 aromatic heterocycles. The number of alkyl halides is 3. The van der Waals surface area contributed by atoms with Crippen LogP contribution in [0.5, 0.6) is 0 Å². The average molecular weight is 396 g/mol. The molecule has 1 amide bonds. The number of carbonyl (C=O) groups is 1. The maximum absolute atomic E-state index is 13.0. The molecule has 0 aliphatic carbocycles. The average Bonchev–Trinajstić information content (AvgIpc) is 3.04. The number of carbonyl (C=O) groups excluding carboxylic acids is 1. The summed E-state index contributed by atoms with van der Waals surface area (Å²) >= 11 is 0. The van der Waals surface area contributed by atoms with E-state index in [0.29, 0.717) is 42.7 Å². The number of hydrogen-bond acceptors (Lipinski definition) is 4. The van der Waals surface area contributed by atoms with Crippen LogP contribution in [-0.2, 0) is 22.3 Å². The molecular formula is C19H23F3N4O2. The highest BCUT2D eigenvalue weighted by molar-refractivity contribution is 5.77. The van der Waals surface area contributed by atoms with Crippen LogP contribution in [0, 0.1) is 0 Å². The van der Waals surface area contributed by atoms with Crippen molar-refractivity contribution >= 4 is 16.9 Å². The number of amides is 1. The number of ether oxygens (including phenoxy) is 1. The second-order valence-electron chi connectivity index (χ2n) is 7.46. The van der Waals surface area contributed by atoms with Gasteiger partial charge >= 0.3 is 6.18 Å². The van der Waals surface area contributed by atoms with Gasteiger partial charge in [0.25, 0.3) is 0 Å². The van der Waals surface area contributed by atoms with E-state index in [2.05, 4.69) is 10.3 Å². The predicted molar refractivity (Wildman–Crippen MR) is 96.7 cm³/mol. The Kier molecular flexibility index (Phi) is 5.05. The van der Waals surface area contributed by atoms with E-state index in [1.807, 2.05) is 9.47 Å². The Labute approximate surface area is 160 Å². The second-order valence-corrected chi connectivity index (χ2v) is 7.46. The van der Waals surface area contributed by atoms with Gasteiger partial charge in [0.1, 0.15) is 12.4 Å². The van der Waals surface area contributed by atoms with Gasteiger partial charge in [-0.1, -0.05) is 0 Å². The highest BCUT2D eigenvalue weighted by atomic mass is 19.4. The summed E-state index contributed by atoms with van der Waals surface area (Å²) in [6.07, 6.45) is -2.61. The van der Waals surface area contributed by atoms with Gasteiger partial charge in [-0.05, 0) is 31.0 Å². The maximum atomic E-state index is 13.0. The quantitative estimate of drug-likeness (QED) is 0.867. The number of likely N-dealkylation sites (tertiary alicyclic amines) is 1. The highest BCUT2D eigenvalue weighted by Gasteiger charge is 2.32. The van der Waals surface area contributed by atoms with Gasteiger partial charge in [-0.15, -0.1) is 0 Å². The largest absolute Gasteiger partial charge is 0.416 e. The number of rotatable bonds is 3. The number of imidazole rings is 1. The van der Waals surface area contributed by atoms with E-state index in [1.165, 1.54) is 6.07 Å². The van der Waals surface area contributed by atoms with Crippen molar-refractivity contribution in [3.05, 3.63) is 29.6 Å². The first kappa shape index (κ1) is 19.2. The SMILES string of the molecule is CC(=O)N1CCC(NCC2COCc3nc4cc(C(F)(F)F)ccc4n32)CC1. The number of nitrogens with one attached hydrogen (secondary N) is 1. The van der Waals surface area contributed by atoms with Gasteiger partial charge in [-0.25, -0.2) is 4.98 Å². The zero-order valence-corrected chi connectivity index (χ0v) is 15.6. The van der Waals surface area contributed by atoms with E-state index in [-0.39, 0.29) is 11.9 Å². The van der Waals surface area contributed by atoms with Crippen molar-refractivity contribution < 1.29 is 22.7 Å². The van der Waals surface area contributed by atoms with E-state index >= 15 is 0 Å². The lowest BCUT2D eigenvalue weighted by Gasteiger charge is -2.33. The fourth-order valence-corrected chi connectivity index (χ4v) is 4.05. The molecule has 1 atom stereocenters. The smallest absolute Gasteiger partial charge is 0.371 e. The molecule has 2 aromatic rings. The van der Waals surface area contributed by atoms with Gasteiger partial charge in [0.15, 0.2) is 0 Å². The van der Waals surface area contributed by atoms with E-state index in [0.717, 1.165) is 38.1 Å². The minimum atomic E-state index is -4.38. The lowest BCUT2D eigenvalue weighted by atomic mass is 10.0. The summed E-state index contributed by atoms with van der Waals surface area (Å²) in [6, 6.07) is 3.99. The molecule has 152 valence electrons. The fourth-order valence-electron chi connectivity index (χ4n) is 4.05. The Hall–Kier alpha value is -2.13. The van der Waals surface area contributed by atoms with Crippen molar-refractivity contribution in [1.29, 1.82) is 0 Å². The van der Waals surface area contributed by atoms with Crippen LogP contribution in [0.4, 0.5) is 13.2 Å². The predicted octanol–water partition coefficient (Wildman–Crippen LogP) is 2.73. The van der Waals surface area contributed by atoms with Crippen LogP contribution in [0.15, 0.2) is 18.2 Å². The van der Waals surface area contributed by atoms with Gasteiger partial charge in [-0.3, -0.25) is 4.79 Å². The minimum Gasteiger partial charge on any atom is -0.371 e. The van der Waals surface area contributed by atoms with Crippen LogP contribution in [0.1, 0.15) is 37.2 Å². The summed E-state index contributed by atoms with van der Waals surface area (Å²) in [5.41, 5.74) is 0.350. The molecule has 1 unspecified atom stereocenters. The molecule has 6 nitrogen and oxygen atoms in total. The molecule has 0 saturated carbocycles. The molecule has 1 aromatic carbocycles. The molecule has 0 bridgehead atoms. The zero-order chi connectivity index (χ0) is 19.9. The summed E-state index contributed by atoms with van der Waals surface area (Å²) in [4.78, 5) is 17.7. The molecule has 4 rings (SSSR count). The van der Waals surface area contributed by atoms with Gasteiger partial charge in [-0.2, -0.15) is 13.2 Å². The molecule has 1 fully saturated rings. The Bertz CT molecular complexity index is 872. The Morgan fingerprint density at radius 2 is 2.07 bits per heavy atom. The topological polar surface area (TPSA) is 59.4 Å². The zero-order valence-electron chi connectivity index (χ0n) is 15.6. The highest BCUT2D eigenvalue weighted by Crippen LogP contribution is 2.33. The van der Waals surface area contributed by atoms with Crippen LogP contribution in [0.2, 0.25) is 0 Å². The molecular weight excluding hydrogens is 373 g/mol. The number of benzene rings is 1. The van der Waals surface area contributed by atoms with Crippen molar-refractivity contribution in [2.45, 2.75) is 44.6 Å². The van der Waals surface area contributed by atoms with Crippen LogP contribution in [0.25, 0.3) is 11.0 Å². The molecule has 2 aliphatic heterocycles. The van der Waals surface area contributed by atoms with Crippen LogP contribution in [-0.4, -0.2) is 52.6 Å². The molecule has 1 saturated heterocycles. The standard InChI is InChI=1S/C19H23F3N4O2/c1-12(27)25-6-4-14(5-7-25)23-9-15-10-28-11-18-24-16-8-13(19(20,21)22)2-3-17(16)26(15)18/h2-3,8,14-15,23H,4-7,9-11H2,1H3. The van der Waals surface area contributed by atoms with Crippen LogP contribution in [0.3, 0.4) is 0 Å². The third-order valence-corrected chi connectivity index (χ3v) is 5.58. The van der Waals surface area contributed by atoms with Gasteiger partial charge in [0, 0.05) is 32.6 Å². The van der Waals surface area contributed by atoms with Crippen molar-refractivity contribution in [3.8, 4) is 0 Å².